The second-order valence-corrected chi connectivity index (χ2v) is 6.15. The lowest BCUT2D eigenvalue weighted by molar-refractivity contribution is 0.0784. The number of rotatable bonds is 4. The van der Waals surface area contributed by atoms with Gasteiger partial charge in [0.05, 0.1) is 10.6 Å². The van der Waals surface area contributed by atoms with Crippen molar-refractivity contribution >= 4 is 40.9 Å². The number of carbonyl (C=O) groups excluding carboxylic acids is 1. The minimum Gasteiger partial charge on any atom is -0.337 e. The van der Waals surface area contributed by atoms with Crippen molar-refractivity contribution in [3.8, 4) is 0 Å². The Morgan fingerprint density at radius 2 is 1.95 bits per heavy atom. The second kappa shape index (κ2) is 7.16. The number of hydrogen-bond acceptors (Lipinski definition) is 3. The summed E-state index contributed by atoms with van der Waals surface area (Å²) in [6, 6.07) is 9.65. The molecule has 0 aliphatic heterocycles. The van der Waals surface area contributed by atoms with E-state index in [1.807, 2.05) is 30.5 Å². The number of thioether (sulfide) groups is 1. The summed E-state index contributed by atoms with van der Waals surface area (Å²) in [5.41, 5.74) is 1.49. The molecule has 2 aromatic rings. The molecule has 0 unspecified atom stereocenters. The lowest BCUT2D eigenvalue weighted by atomic mass is 10.2. The SMILES string of the molecule is CSc1ccc(CN(C)C(=O)c2cnc(Cl)c(Cl)c2)cc1. The maximum atomic E-state index is 12.3. The molecule has 21 heavy (non-hydrogen) atoms. The fourth-order valence-electron chi connectivity index (χ4n) is 1.84. The topological polar surface area (TPSA) is 33.2 Å². The van der Waals surface area contributed by atoms with Crippen LogP contribution < -0.4 is 0 Å². The van der Waals surface area contributed by atoms with Crippen LogP contribution >= 0.6 is 35.0 Å². The van der Waals surface area contributed by atoms with E-state index in [9.17, 15) is 4.79 Å². The number of halogens is 2. The second-order valence-electron chi connectivity index (χ2n) is 4.51. The molecular weight excluding hydrogens is 327 g/mol. The molecule has 0 spiro atoms. The number of carbonyl (C=O) groups is 1. The van der Waals surface area contributed by atoms with Gasteiger partial charge in [-0.25, -0.2) is 4.98 Å². The molecule has 6 heteroatoms. The predicted octanol–water partition coefficient (Wildman–Crippen LogP) is 4.38. The average molecular weight is 341 g/mol. The zero-order chi connectivity index (χ0) is 15.4. The van der Waals surface area contributed by atoms with E-state index >= 15 is 0 Å². The third kappa shape index (κ3) is 4.13. The summed E-state index contributed by atoms with van der Waals surface area (Å²) in [4.78, 5) is 19.0. The van der Waals surface area contributed by atoms with Crippen LogP contribution in [0.15, 0.2) is 41.4 Å². The molecule has 0 saturated heterocycles. The Morgan fingerprint density at radius 1 is 1.29 bits per heavy atom. The fraction of sp³-hybridized carbons (Fsp3) is 0.200. The third-order valence-corrected chi connectivity index (χ3v) is 4.40. The first-order valence-corrected chi connectivity index (χ1v) is 8.18. The summed E-state index contributed by atoms with van der Waals surface area (Å²) in [6.45, 7) is 0.522. The van der Waals surface area contributed by atoms with Crippen LogP contribution in [0, 0.1) is 0 Å². The van der Waals surface area contributed by atoms with E-state index in [1.165, 1.54) is 17.2 Å². The Morgan fingerprint density at radius 3 is 2.52 bits per heavy atom. The number of nitrogens with zero attached hydrogens (tertiary/aromatic N) is 2. The Labute approximate surface area is 138 Å². The molecule has 0 aliphatic rings. The lowest BCUT2D eigenvalue weighted by Crippen LogP contribution is -2.26. The van der Waals surface area contributed by atoms with Gasteiger partial charge in [0, 0.05) is 24.7 Å². The zero-order valence-electron chi connectivity index (χ0n) is 11.6. The summed E-state index contributed by atoms with van der Waals surface area (Å²) in [5.74, 6) is -0.144. The van der Waals surface area contributed by atoms with Gasteiger partial charge in [-0.1, -0.05) is 35.3 Å². The number of benzene rings is 1. The van der Waals surface area contributed by atoms with Gasteiger partial charge in [0.2, 0.25) is 0 Å². The summed E-state index contributed by atoms with van der Waals surface area (Å²) in [6.07, 6.45) is 3.46. The van der Waals surface area contributed by atoms with E-state index in [0.717, 1.165) is 5.56 Å². The van der Waals surface area contributed by atoms with Gasteiger partial charge in [-0.2, -0.15) is 0 Å². The Balaban J connectivity index is 2.09. The average Bonchev–Trinajstić information content (AvgIpc) is 2.50. The largest absolute Gasteiger partial charge is 0.337 e. The number of amides is 1. The number of pyridine rings is 1. The van der Waals surface area contributed by atoms with Gasteiger partial charge >= 0.3 is 0 Å². The summed E-state index contributed by atoms with van der Waals surface area (Å²) in [7, 11) is 1.74. The molecule has 0 atom stereocenters. The van der Waals surface area contributed by atoms with Crippen molar-refractivity contribution in [1.29, 1.82) is 0 Å². The summed E-state index contributed by atoms with van der Waals surface area (Å²) >= 11 is 13.3. The first kappa shape index (κ1) is 16.1. The Hall–Kier alpha value is -1.23. The minimum absolute atomic E-state index is 0.144. The maximum Gasteiger partial charge on any atom is 0.255 e. The molecule has 1 aromatic carbocycles. The van der Waals surface area contributed by atoms with Crippen molar-refractivity contribution in [3.05, 3.63) is 57.8 Å². The highest BCUT2D eigenvalue weighted by atomic mass is 35.5. The first-order chi connectivity index (χ1) is 10.0. The number of aromatic nitrogens is 1. The van der Waals surface area contributed by atoms with Crippen LogP contribution in [0.3, 0.4) is 0 Å². The van der Waals surface area contributed by atoms with Gasteiger partial charge in [0.25, 0.3) is 5.91 Å². The molecule has 0 N–H and O–H groups in total. The van der Waals surface area contributed by atoms with E-state index in [1.54, 1.807) is 23.7 Å². The lowest BCUT2D eigenvalue weighted by Gasteiger charge is -2.17. The molecule has 1 amide bonds. The first-order valence-electron chi connectivity index (χ1n) is 6.20. The van der Waals surface area contributed by atoms with E-state index < -0.39 is 0 Å². The van der Waals surface area contributed by atoms with E-state index in [0.29, 0.717) is 12.1 Å². The molecule has 0 aliphatic carbocycles. The predicted molar refractivity (Wildman–Crippen MR) is 88.3 cm³/mol. The minimum atomic E-state index is -0.144. The van der Waals surface area contributed by atoms with Gasteiger partial charge < -0.3 is 4.90 Å². The van der Waals surface area contributed by atoms with Crippen LogP contribution in [0.1, 0.15) is 15.9 Å². The molecule has 0 radical (unpaired) electrons. The van der Waals surface area contributed by atoms with Crippen molar-refractivity contribution in [1.82, 2.24) is 9.88 Å². The maximum absolute atomic E-state index is 12.3. The Kier molecular flexibility index (Phi) is 5.51. The normalized spacial score (nSPS) is 10.5. The number of hydrogen-bond donors (Lipinski definition) is 0. The van der Waals surface area contributed by atoms with Crippen LogP contribution in [0.25, 0.3) is 0 Å². The molecule has 1 aromatic heterocycles. The van der Waals surface area contributed by atoms with Crippen molar-refractivity contribution in [2.75, 3.05) is 13.3 Å². The quantitative estimate of drug-likeness (QED) is 0.611. The molecule has 110 valence electrons. The highest BCUT2D eigenvalue weighted by molar-refractivity contribution is 7.98. The highest BCUT2D eigenvalue weighted by Crippen LogP contribution is 2.21. The monoisotopic (exact) mass is 340 g/mol. The van der Waals surface area contributed by atoms with Crippen molar-refractivity contribution < 1.29 is 4.79 Å². The third-order valence-electron chi connectivity index (χ3n) is 2.97. The van der Waals surface area contributed by atoms with Gasteiger partial charge in [-0.3, -0.25) is 4.79 Å². The van der Waals surface area contributed by atoms with E-state index in [-0.39, 0.29) is 16.1 Å². The van der Waals surface area contributed by atoms with Crippen LogP contribution in [0.4, 0.5) is 0 Å². The summed E-state index contributed by atoms with van der Waals surface area (Å²) < 4.78 is 0. The van der Waals surface area contributed by atoms with Crippen LogP contribution in [-0.4, -0.2) is 29.1 Å². The fourth-order valence-corrected chi connectivity index (χ4v) is 2.51. The van der Waals surface area contributed by atoms with Crippen molar-refractivity contribution in [3.63, 3.8) is 0 Å². The van der Waals surface area contributed by atoms with E-state index in [2.05, 4.69) is 4.98 Å². The molecular formula is C15H14Cl2N2OS. The van der Waals surface area contributed by atoms with Gasteiger partial charge in [-0.15, -0.1) is 11.8 Å². The molecule has 0 fully saturated rings. The standard InChI is InChI=1S/C15H14Cl2N2OS/c1-19(9-10-3-5-12(21-2)6-4-10)15(20)11-7-13(16)14(17)18-8-11/h3-8H,9H2,1-2H3. The van der Waals surface area contributed by atoms with E-state index in [4.69, 9.17) is 23.2 Å². The zero-order valence-corrected chi connectivity index (χ0v) is 14.0. The highest BCUT2D eigenvalue weighted by Gasteiger charge is 2.14. The van der Waals surface area contributed by atoms with Gasteiger partial charge in [-0.05, 0) is 30.0 Å². The van der Waals surface area contributed by atoms with Crippen LogP contribution in [-0.2, 0) is 6.54 Å². The molecule has 0 saturated carbocycles. The molecule has 3 nitrogen and oxygen atoms in total. The Bertz CT molecular complexity index is 647. The van der Waals surface area contributed by atoms with Gasteiger partial charge in [0.1, 0.15) is 5.15 Å². The molecule has 0 bridgehead atoms. The van der Waals surface area contributed by atoms with Crippen molar-refractivity contribution in [2.24, 2.45) is 0 Å². The van der Waals surface area contributed by atoms with Crippen molar-refractivity contribution in [2.45, 2.75) is 11.4 Å². The van der Waals surface area contributed by atoms with Gasteiger partial charge in [0.15, 0.2) is 0 Å². The smallest absolute Gasteiger partial charge is 0.255 e. The molecule has 1 heterocycles. The van der Waals surface area contributed by atoms with Crippen LogP contribution in [0.5, 0.6) is 0 Å². The van der Waals surface area contributed by atoms with Crippen LogP contribution in [0.2, 0.25) is 10.2 Å². The summed E-state index contributed by atoms with van der Waals surface area (Å²) in [5, 5.41) is 0.476. The molecule has 2 rings (SSSR count).